The Hall–Kier alpha value is 1.06. The Kier molecular flexibility index (Phi) is 65.1. The molecule has 0 amide bonds. The van der Waals surface area contributed by atoms with E-state index >= 15 is 0 Å². The second kappa shape index (κ2) is 19.6. The minimum absolute atomic E-state index is 0. The average molecular weight is 205 g/mol. The predicted octanol–water partition coefficient (Wildman–Crippen LogP) is -0.0560. The zero-order valence-corrected chi connectivity index (χ0v) is 5.02. The van der Waals surface area contributed by atoms with E-state index in [0.717, 1.165) is 0 Å². The van der Waals surface area contributed by atoms with Crippen molar-refractivity contribution in [2.45, 2.75) is 0 Å². The van der Waals surface area contributed by atoms with Gasteiger partial charge in [-0.25, -0.2) is 10.5 Å². The van der Waals surface area contributed by atoms with Crippen LogP contribution in [0.3, 0.4) is 0 Å². The van der Waals surface area contributed by atoms with Crippen LogP contribution in [0.15, 0.2) is 0 Å². The minimum atomic E-state index is 0. The van der Waals surface area contributed by atoms with Gasteiger partial charge >= 0.3 is 0 Å². The summed E-state index contributed by atoms with van der Waals surface area (Å²) in [5, 5.41) is 15.5. The van der Waals surface area contributed by atoms with Gasteiger partial charge < -0.3 is 0 Å². The van der Waals surface area contributed by atoms with E-state index in [0.29, 0.717) is 0 Å². The van der Waals surface area contributed by atoms with Crippen molar-refractivity contribution in [3.05, 3.63) is 0 Å². The molecule has 0 bridgehead atoms. The van der Waals surface area contributed by atoms with Crippen molar-refractivity contribution in [3.63, 3.8) is 0 Å². The maximum atomic E-state index is 6.62. The van der Waals surface area contributed by atoms with E-state index in [1.807, 2.05) is 0 Å². The van der Waals surface area contributed by atoms with Crippen LogP contribution < -0.4 is 0 Å². The summed E-state index contributed by atoms with van der Waals surface area (Å²) in [7, 11) is 0. The molecule has 0 heterocycles. The molecule has 0 unspecified atom stereocenters. The molecule has 0 saturated carbocycles. The van der Waals surface area contributed by atoms with E-state index in [4.69, 9.17) is 10.5 Å². The molecule has 0 aromatic rings. The van der Waals surface area contributed by atoms with E-state index in [1.165, 1.54) is 0 Å². The van der Waals surface area contributed by atoms with E-state index in [1.54, 1.807) is 0 Å². The first-order valence-electron chi connectivity index (χ1n) is 0.365. The van der Waals surface area contributed by atoms with Crippen LogP contribution in [0.5, 0.6) is 0 Å². The molecule has 5 heteroatoms. The van der Waals surface area contributed by atoms with Crippen LogP contribution in [0.1, 0.15) is 0 Å². The quantitative estimate of drug-likeness (QED) is 0.330. The van der Waals surface area contributed by atoms with Crippen molar-refractivity contribution < 1.29 is 53.1 Å². The fourth-order valence-electron chi connectivity index (χ4n) is 0. The standard InChI is InChI=1S/Mo.Ni.H2O3/c;;1-3-2/h;;1-2H. The molecule has 0 aromatic carbocycles. The Bertz CT molecular complexity index is 6.85. The first kappa shape index (κ1) is 16.6. The summed E-state index contributed by atoms with van der Waals surface area (Å²) in [4.78, 5) is 0. The zero-order valence-electron chi connectivity index (χ0n) is 2.03. The van der Waals surface area contributed by atoms with Gasteiger partial charge in [-0.15, -0.1) is 0 Å². The Morgan fingerprint density at radius 1 is 1.20 bits per heavy atom. The second-order valence-corrected chi connectivity index (χ2v) is 0.0816. The first-order valence-corrected chi connectivity index (χ1v) is 0.365. The predicted molar refractivity (Wildman–Crippen MR) is 6.34 cm³/mol. The molecule has 0 aliphatic heterocycles. The van der Waals surface area contributed by atoms with Crippen LogP contribution in [-0.4, -0.2) is 10.5 Å². The number of hydrogen-bond donors (Lipinski definition) is 2. The average Bonchev–Trinajstić information content (AvgIpc) is 0.918. The topological polar surface area (TPSA) is 49.7 Å². The molecular weight excluding hydrogens is 203 g/mol. The van der Waals surface area contributed by atoms with Crippen molar-refractivity contribution in [2.75, 3.05) is 0 Å². The fraction of sp³-hybridized carbons (Fsp3) is 0. The third-order valence-corrected chi connectivity index (χ3v) is 0. The first-order chi connectivity index (χ1) is 1.41. The molecule has 0 radical (unpaired) electrons. The van der Waals surface area contributed by atoms with Gasteiger partial charge in [0.15, 0.2) is 0 Å². The van der Waals surface area contributed by atoms with Gasteiger partial charge in [-0.1, -0.05) is 5.04 Å². The Morgan fingerprint density at radius 3 is 1.20 bits per heavy atom. The van der Waals surface area contributed by atoms with Gasteiger partial charge in [0.25, 0.3) is 0 Å². The summed E-state index contributed by atoms with van der Waals surface area (Å²) < 4.78 is 0. The van der Waals surface area contributed by atoms with Gasteiger partial charge in [-0.3, -0.25) is 0 Å². The fourth-order valence-corrected chi connectivity index (χ4v) is 0. The molecule has 0 fully saturated rings. The third-order valence-electron chi connectivity index (χ3n) is 0. The molecule has 0 rings (SSSR count). The van der Waals surface area contributed by atoms with Gasteiger partial charge in [0.05, 0.1) is 0 Å². The largest absolute Gasteiger partial charge is 0.221 e. The van der Waals surface area contributed by atoms with E-state index in [-0.39, 0.29) is 37.6 Å². The third kappa shape index (κ3) is 42.1. The molecule has 0 aromatic heterocycles. The van der Waals surface area contributed by atoms with Crippen molar-refractivity contribution in [2.24, 2.45) is 0 Å². The summed E-state index contributed by atoms with van der Waals surface area (Å²) in [6, 6.07) is 0. The second-order valence-electron chi connectivity index (χ2n) is 0.0816. The van der Waals surface area contributed by atoms with Crippen LogP contribution in [0, 0.1) is 0 Å². The number of hydrogen-bond acceptors (Lipinski definition) is 3. The molecule has 0 aliphatic carbocycles. The summed E-state index contributed by atoms with van der Waals surface area (Å²) in [5.41, 5.74) is 0. The molecule has 3 nitrogen and oxygen atoms in total. The maximum absolute atomic E-state index is 6.62. The molecule has 5 heavy (non-hydrogen) atoms. The van der Waals surface area contributed by atoms with Gasteiger partial charge in [-0.05, 0) is 0 Å². The van der Waals surface area contributed by atoms with Gasteiger partial charge in [-0.2, -0.15) is 0 Å². The maximum Gasteiger partial charge on any atom is 0 e. The van der Waals surface area contributed by atoms with Crippen molar-refractivity contribution in [1.29, 1.82) is 0 Å². The van der Waals surface area contributed by atoms with Crippen LogP contribution >= 0.6 is 0 Å². The van der Waals surface area contributed by atoms with E-state index < -0.39 is 0 Å². The van der Waals surface area contributed by atoms with Crippen LogP contribution in [0.25, 0.3) is 0 Å². The molecule has 0 aliphatic rings. The van der Waals surface area contributed by atoms with E-state index in [9.17, 15) is 0 Å². The zero-order chi connectivity index (χ0) is 2.71. The Labute approximate surface area is 53.4 Å². The summed E-state index contributed by atoms with van der Waals surface area (Å²) in [5.74, 6) is 0. The SMILES string of the molecule is OOO.[Mo].[Ni]. The molecule has 36 valence electrons. The van der Waals surface area contributed by atoms with Crippen molar-refractivity contribution >= 4 is 0 Å². The van der Waals surface area contributed by atoms with E-state index in [2.05, 4.69) is 5.04 Å². The summed E-state index contributed by atoms with van der Waals surface area (Å²) in [6.45, 7) is 0. The molecule has 2 N–H and O–H groups in total. The van der Waals surface area contributed by atoms with Gasteiger partial charge in [0, 0.05) is 37.6 Å². The van der Waals surface area contributed by atoms with Crippen molar-refractivity contribution in [3.8, 4) is 0 Å². The van der Waals surface area contributed by atoms with Crippen LogP contribution in [0.4, 0.5) is 0 Å². The molecule has 0 saturated heterocycles. The van der Waals surface area contributed by atoms with Gasteiger partial charge in [0.1, 0.15) is 0 Å². The normalized spacial score (nSPS) is 3.60. The summed E-state index contributed by atoms with van der Waals surface area (Å²) >= 11 is 0. The van der Waals surface area contributed by atoms with Gasteiger partial charge in [0.2, 0.25) is 0 Å². The van der Waals surface area contributed by atoms with Crippen molar-refractivity contribution in [1.82, 2.24) is 0 Å². The Balaban J connectivity index is -0.0000000200. The number of rotatable bonds is 0. The monoisotopic (exact) mass is 206 g/mol. The smallest absolute Gasteiger partial charge is 0 e. The van der Waals surface area contributed by atoms with Crippen LogP contribution in [-0.2, 0) is 42.6 Å². The van der Waals surface area contributed by atoms with Crippen LogP contribution in [0.2, 0.25) is 0 Å². The minimum Gasteiger partial charge on any atom is -0.221 e. The molecule has 0 atom stereocenters. The summed E-state index contributed by atoms with van der Waals surface area (Å²) in [6.07, 6.45) is 0. The molecular formula is H2MoNiO3. The Morgan fingerprint density at radius 2 is 1.20 bits per heavy atom. The molecule has 0 spiro atoms.